The van der Waals surface area contributed by atoms with Gasteiger partial charge in [0.15, 0.2) is 5.01 Å². The number of nitrogens with zero attached hydrogens (tertiary/aromatic N) is 2. The molecule has 6 heteroatoms. The van der Waals surface area contributed by atoms with Crippen LogP contribution in [0.2, 0.25) is 0 Å². The van der Waals surface area contributed by atoms with Crippen LogP contribution in [-0.2, 0) is 7.05 Å². The van der Waals surface area contributed by atoms with Crippen molar-refractivity contribution in [2.24, 2.45) is 7.05 Å². The van der Waals surface area contributed by atoms with Gasteiger partial charge in [-0.15, -0.1) is 11.3 Å². The standard InChI is InChI=1S/C15H15N3O2S/c1-18-8-4-6-11(18)12(19)9-16-14(20)15-17-10-5-2-3-7-13(10)21-15/h2-8,12,19H,9H2,1H3,(H,16,20)/t12-/m1/s1. The summed E-state index contributed by atoms with van der Waals surface area (Å²) in [5.74, 6) is -0.260. The number of benzene rings is 1. The van der Waals surface area contributed by atoms with Crippen LogP contribution in [0, 0.1) is 0 Å². The molecule has 2 heterocycles. The van der Waals surface area contributed by atoms with Crippen LogP contribution in [0.15, 0.2) is 42.6 Å². The summed E-state index contributed by atoms with van der Waals surface area (Å²) in [5, 5.41) is 13.2. The summed E-state index contributed by atoms with van der Waals surface area (Å²) >= 11 is 1.35. The van der Waals surface area contributed by atoms with E-state index >= 15 is 0 Å². The van der Waals surface area contributed by atoms with Gasteiger partial charge in [-0.25, -0.2) is 4.98 Å². The number of carbonyl (C=O) groups excluding carboxylic acids is 1. The molecule has 108 valence electrons. The summed E-state index contributed by atoms with van der Waals surface area (Å²) in [5.41, 5.74) is 1.58. The van der Waals surface area contributed by atoms with Crippen molar-refractivity contribution in [3.05, 3.63) is 53.3 Å². The maximum atomic E-state index is 12.1. The number of hydrogen-bond donors (Lipinski definition) is 2. The molecule has 0 radical (unpaired) electrons. The molecule has 0 saturated heterocycles. The van der Waals surface area contributed by atoms with E-state index in [0.717, 1.165) is 15.9 Å². The zero-order valence-corrected chi connectivity index (χ0v) is 12.3. The fourth-order valence-corrected chi connectivity index (χ4v) is 3.04. The number of nitrogens with one attached hydrogen (secondary N) is 1. The van der Waals surface area contributed by atoms with Crippen molar-refractivity contribution in [2.45, 2.75) is 6.10 Å². The van der Waals surface area contributed by atoms with E-state index in [9.17, 15) is 9.90 Å². The van der Waals surface area contributed by atoms with Crippen LogP contribution < -0.4 is 5.32 Å². The van der Waals surface area contributed by atoms with E-state index < -0.39 is 6.10 Å². The van der Waals surface area contributed by atoms with Crippen LogP contribution in [0.25, 0.3) is 10.2 Å². The van der Waals surface area contributed by atoms with Gasteiger partial charge in [0.2, 0.25) is 0 Å². The second-order valence-electron chi connectivity index (χ2n) is 4.76. The number of para-hydroxylation sites is 1. The summed E-state index contributed by atoms with van der Waals surface area (Å²) in [7, 11) is 1.86. The molecular formula is C15H15N3O2S. The molecule has 21 heavy (non-hydrogen) atoms. The van der Waals surface area contributed by atoms with E-state index in [4.69, 9.17) is 0 Å². The molecule has 0 bridgehead atoms. The molecular weight excluding hydrogens is 286 g/mol. The molecule has 1 amide bonds. The quantitative estimate of drug-likeness (QED) is 0.775. The Labute approximate surface area is 125 Å². The summed E-state index contributed by atoms with van der Waals surface area (Å²) in [6, 6.07) is 11.3. The monoisotopic (exact) mass is 301 g/mol. The molecule has 0 aliphatic heterocycles. The third-order valence-electron chi connectivity index (χ3n) is 3.27. The van der Waals surface area contributed by atoms with E-state index in [-0.39, 0.29) is 12.5 Å². The maximum absolute atomic E-state index is 12.1. The lowest BCUT2D eigenvalue weighted by Gasteiger charge is -2.12. The fourth-order valence-electron chi connectivity index (χ4n) is 2.16. The van der Waals surface area contributed by atoms with Crippen LogP contribution in [0.1, 0.15) is 21.6 Å². The number of aliphatic hydroxyl groups is 1. The van der Waals surface area contributed by atoms with Crippen molar-refractivity contribution in [3.8, 4) is 0 Å². The first-order valence-electron chi connectivity index (χ1n) is 6.58. The molecule has 3 aromatic rings. The number of aromatic nitrogens is 2. The minimum atomic E-state index is -0.733. The lowest BCUT2D eigenvalue weighted by atomic mass is 10.2. The molecule has 0 saturated carbocycles. The summed E-state index contributed by atoms with van der Waals surface area (Å²) in [4.78, 5) is 16.4. The van der Waals surface area contributed by atoms with Gasteiger partial charge in [-0.05, 0) is 24.3 Å². The number of hydrogen-bond acceptors (Lipinski definition) is 4. The van der Waals surface area contributed by atoms with Gasteiger partial charge in [-0.3, -0.25) is 4.79 Å². The highest BCUT2D eigenvalue weighted by atomic mass is 32.1. The Kier molecular flexibility index (Phi) is 3.72. The van der Waals surface area contributed by atoms with Gasteiger partial charge in [0.25, 0.3) is 5.91 Å². The van der Waals surface area contributed by atoms with E-state index in [1.54, 1.807) is 0 Å². The predicted octanol–water partition coefficient (Wildman–Crippen LogP) is 2.10. The smallest absolute Gasteiger partial charge is 0.280 e. The highest BCUT2D eigenvalue weighted by Gasteiger charge is 2.15. The second-order valence-corrected chi connectivity index (χ2v) is 5.79. The third kappa shape index (κ3) is 2.81. The second kappa shape index (κ2) is 5.67. The highest BCUT2D eigenvalue weighted by Crippen LogP contribution is 2.21. The van der Waals surface area contributed by atoms with Crippen molar-refractivity contribution in [1.82, 2.24) is 14.9 Å². The molecule has 5 nitrogen and oxygen atoms in total. The Morgan fingerprint density at radius 2 is 2.19 bits per heavy atom. The zero-order chi connectivity index (χ0) is 14.8. The van der Waals surface area contributed by atoms with E-state index in [0.29, 0.717) is 5.01 Å². The van der Waals surface area contributed by atoms with E-state index in [2.05, 4.69) is 10.3 Å². The third-order valence-corrected chi connectivity index (χ3v) is 4.30. The molecule has 2 N–H and O–H groups in total. The number of carbonyl (C=O) groups is 1. The molecule has 0 aliphatic rings. The van der Waals surface area contributed by atoms with Crippen molar-refractivity contribution in [2.75, 3.05) is 6.54 Å². The SMILES string of the molecule is Cn1cccc1[C@H](O)CNC(=O)c1nc2ccccc2s1. The number of rotatable bonds is 4. The fraction of sp³-hybridized carbons (Fsp3) is 0.200. The Hall–Kier alpha value is -2.18. The molecule has 3 rings (SSSR count). The van der Waals surface area contributed by atoms with Crippen LogP contribution in [0.4, 0.5) is 0 Å². The van der Waals surface area contributed by atoms with Gasteiger partial charge >= 0.3 is 0 Å². The first kappa shape index (κ1) is 13.8. The van der Waals surface area contributed by atoms with Gasteiger partial charge in [0, 0.05) is 25.5 Å². The van der Waals surface area contributed by atoms with Crippen molar-refractivity contribution >= 4 is 27.5 Å². The van der Waals surface area contributed by atoms with E-state index in [1.165, 1.54) is 11.3 Å². The molecule has 2 aromatic heterocycles. The zero-order valence-electron chi connectivity index (χ0n) is 11.5. The first-order valence-corrected chi connectivity index (χ1v) is 7.40. The van der Waals surface area contributed by atoms with Gasteiger partial charge < -0.3 is 15.0 Å². The average molecular weight is 301 g/mol. The Balaban J connectivity index is 1.67. The number of fused-ring (bicyclic) bond motifs is 1. The number of amides is 1. The summed E-state index contributed by atoms with van der Waals surface area (Å²) in [6.45, 7) is 0.159. The van der Waals surface area contributed by atoms with Gasteiger partial charge in [-0.1, -0.05) is 12.1 Å². The Morgan fingerprint density at radius 3 is 2.90 bits per heavy atom. The largest absolute Gasteiger partial charge is 0.385 e. The summed E-state index contributed by atoms with van der Waals surface area (Å²) in [6.07, 6.45) is 1.12. The Bertz CT molecular complexity index is 745. The van der Waals surface area contributed by atoms with Crippen molar-refractivity contribution in [1.29, 1.82) is 0 Å². The van der Waals surface area contributed by atoms with Crippen molar-refractivity contribution in [3.63, 3.8) is 0 Å². The van der Waals surface area contributed by atoms with Crippen LogP contribution >= 0.6 is 11.3 Å². The highest BCUT2D eigenvalue weighted by molar-refractivity contribution is 7.20. The van der Waals surface area contributed by atoms with Crippen LogP contribution in [-0.4, -0.2) is 27.1 Å². The minimum Gasteiger partial charge on any atom is -0.385 e. The lowest BCUT2D eigenvalue weighted by Crippen LogP contribution is -2.28. The predicted molar refractivity (Wildman–Crippen MR) is 82.3 cm³/mol. The van der Waals surface area contributed by atoms with Gasteiger partial charge in [-0.2, -0.15) is 0 Å². The molecule has 1 aromatic carbocycles. The summed E-state index contributed by atoms with van der Waals surface area (Å²) < 4.78 is 2.81. The van der Waals surface area contributed by atoms with E-state index in [1.807, 2.05) is 54.2 Å². The average Bonchev–Trinajstić information content (AvgIpc) is 3.10. The maximum Gasteiger partial charge on any atom is 0.280 e. The number of thiazole rings is 1. The molecule has 0 spiro atoms. The van der Waals surface area contributed by atoms with Gasteiger partial charge in [0.1, 0.15) is 6.10 Å². The topological polar surface area (TPSA) is 67.2 Å². The molecule has 1 atom stereocenters. The Morgan fingerprint density at radius 1 is 1.38 bits per heavy atom. The van der Waals surface area contributed by atoms with Crippen LogP contribution in [0.3, 0.4) is 0 Å². The number of aliphatic hydroxyl groups excluding tert-OH is 1. The number of aryl methyl sites for hydroxylation is 1. The molecule has 0 unspecified atom stereocenters. The van der Waals surface area contributed by atoms with Crippen molar-refractivity contribution < 1.29 is 9.90 Å². The molecule has 0 fully saturated rings. The van der Waals surface area contributed by atoms with Gasteiger partial charge in [0.05, 0.1) is 10.2 Å². The normalized spacial score (nSPS) is 12.5. The lowest BCUT2D eigenvalue weighted by molar-refractivity contribution is 0.0912. The molecule has 0 aliphatic carbocycles. The first-order chi connectivity index (χ1) is 10.1. The minimum absolute atomic E-state index is 0.159. The van der Waals surface area contributed by atoms with Crippen LogP contribution in [0.5, 0.6) is 0 Å².